The molecule has 0 atom stereocenters. The molecular weight excluding hydrogens is 272 g/mol. The first-order chi connectivity index (χ1) is 10.1. The highest BCUT2D eigenvalue weighted by Crippen LogP contribution is 2.40. The average Bonchev–Trinajstić information content (AvgIpc) is 3.16. The van der Waals surface area contributed by atoms with Crippen molar-refractivity contribution in [2.24, 2.45) is 0 Å². The zero-order valence-electron chi connectivity index (χ0n) is 11.9. The molecule has 0 radical (unpaired) electrons. The van der Waals surface area contributed by atoms with Crippen molar-refractivity contribution < 1.29 is 19.2 Å². The molecule has 2 saturated carbocycles. The van der Waals surface area contributed by atoms with Gasteiger partial charge in [-0.05, 0) is 25.7 Å². The Balaban J connectivity index is 1.71. The van der Waals surface area contributed by atoms with E-state index in [1.165, 1.54) is 0 Å². The molecule has 0 unspecified atom stereocenters. The van der Waals surface area contributed by atoms with E-state index in [2.05, 4.69) is 10.5 Å². The van der Waals surface area contributed by atoms with Gasteiger partial charge in [0.15, 0.2) is 5.69 Å². The first-order valence-electron chi connectivity index (χ1n) is 7.59. The lowest BCUT2D eigenvalue weighted by Crippen LogP contribution is -2.51. The van der Waals surface area contributed by atoms with Gasteiger partial charge in [-0.1, -0.05) is 24.4 Å². The van der Waals surface area contributed by atoms with Gasteiger partial charge in [0.2, 0.25) is 0 Å². The molecule has 2 fully saturated rings. The second kappa shape index (κ2) is 5.50. The molecule has 2 aliphatic rings. The molecule has 1 aromatic heterocycles. The number of aromatic nitrogens is 1. The smallest absolute Gasteiger partial charge is 0.305 e. The van der Waals surface area contributed by atoms with E-state index in [-0.39, 0.29) is 18.0 Å². The third-order valence-electron chi connectivity index (χ3n) is 4.42. The van der Waals surface area contributed by atoms with Gasteiger partial charge in [0.1, 0.15) is 5.76 Å². The summed E-state index contributed by atoms with van der Waals surface area (Å²) >= 11 is 0. The fourth-order valence-electron chi connectivity index (χ4n) is 3.13. The zero-order chi connectivity index (χ0) is 14.9. The Morgan fingerprint density at radius 3 is 2.67 bits per heavy atom. The molecule has 0 bridgehead atoms. The van der Waals surface area contributed by atoms with Crippen molar-refractivity contribution in [3.63, 3.8) is 0 Å². The number of hydrogen-bond donors (Lipinski definition) is 2. The summed E-state index contributed by atoms with van der Waals surface area (Å²) in [6.07, 6.45) is 6.52. The highest BCUT2D eigenvalue weighted by atomic mass is 16.5. The van der Waals surface area contributed by atoms with Gasteiger partial charge < -0.3 is 14.9 Å². The molecule has 21 heavy (non-hydrogen) atoms. The van der Waals surface area contributed by atoms with E-state index in [0.717, 1.165) is 37.9 Å². The van der Waals surface area contributed by atoms with Crippen LogP contribution in [0.2, 0.25) is 0 Å². The molecule has 0 saturated heterocycles. The summed E-state index contributed by atoms with van der Waals surface area (Å²) in [6.45, 7) is 0. The van der Waals surface area contributed by atoms with Crippen molar-refractivity contribution in [2.75, 3.05) is 0 Å². The third kappa shape index (κ3) is 3.25. The normalized spacial score (nSPS) is 21.0. The SMILES string of the molecule is O=C(O)CC1(NC(=O)c2cc(C3CC3)on2)CCCCC1. The van der Waals surface area contributed by atoms with E-state index in [0.29, 0.717) is 18.8 Å². The molecule has 2 N–H and O–H groups in total. The Kier molecular flexibility index (Phi) is 3.69. The molecular formula is C15H20N2O4. The maximum absolute atomic E-state index is 12.3. The number of rotatable bonds is 5. The lowest BCUT2D eigenvalue weighted by Gasteiger charge is -2.36. The Labute approximate surface area is 122 Å². The maximum atomic E-state index is 12.3. The van der Waals surface area contributed by atoms with Crippen molar-refractivity contribution in [2.45, 2.75) is 62.8 Å². The first-order valence-corrected chi connectivity index (χ1v) is 7.59. The third-order valence-corrected chi connectivity index (χ3v) is 4.42. The molecule has 1 amide bonds. The minimum absolute atomic E-state index is 0.0356. The summed E-state index contributed by atoms with van der Waals surface area (Å²) in [5.41, 5.74) is -0.382. The van der Waals surface area contributed by atoms with Crippen LogP contribution in [-0.4, -0.2) is 27.7 Å². The zero-order valence-corrected chi connectivity index (χ0v) is 11.9. The molecule has 6 nitrogen and oxygen atoms in total. The fourth-order valence-corrected chi connectivity index (χ4v) is 3.13. The minimum Gasteiger partial charge on any atom is -0.481 e. The quantitative estimate of drug-likeness (QED) is 0.869. The van der Waals surface area contributed by atoms with Crippen molar-refractivity contribution in [3.8, 4) is 0 Å². The topological polar surface area (TPSA) is 92.4 Å². The van der Waals surface area contributed by atoms with Crippen LogP contribution in [0.3, 0.4) is 0 Å². The molecule has 1 aromatic rings. The lowest BCUT2D eigenvalue weighted by atomic mass is 9.79. The van der Waals surface area contributed by atoms with E-state index in [1.54, 1.807) is 6.07 Å². The van der Waals surface area contributed by atoms with E-state index in [1.807, 2.05) is 0 Å². The van der Waals surface area contributed by atoms with E-state index < -0.39 is 11.5 Å². The van der Waals surface area contributed by atoms with Gasteiger partial charge in [0.05, 0.1) is 12.0 Å². The molecule has 0 aromatic carbocycles. The second-order valence-electron chi connectivity index (χ2n) is 6.25. The van der Waals surface area contributed by atoms with Gasteiger partial charge in [-0.3, -0.25) is 9.59 Å². The van der Waals surface area contributed by atoms with Gasteiger partial charge in [0, 0.05) is 12.0 Å². The van der Waals surface area contributed by atoms with Crippen LogP contribution in [0.1, 0.15) is 73.5 Å². The molecule has 2 aliphatic carbocycles. The van der Waals surface area contributed by atoms with Crippen LogP contribution in [0.4, 0.5) is 0 Å². The Bertz CT molecular complexity index is 542. The van der Waals surface area contributed by atoms with Gasteiger partial charge in [-0.2, -0.15) is 0 Å². The summed E-state index contributed by atoms with van der Waals surface area (Å²) in [6, 6.07) is 1.68. The van der Waals surface area contributed by atoms with Crippen LogP contribution < -0.4 is 5.32 Å². The Hall–Kier alpha value is -1.85. The summed E-state index contributed by atoms with van der Waals surface area (Å²) in [5.74, 6) is -0.0392. The largest absolute Gasteiger partial charge is 0.481 e. The number of hydrogen-bond acceptors (Lipinski definition) is 4. The molecule has 1 heterocycles. The minimum atomic E-state index is -0.879. The summed E-state index contributed by atoms with van der Waals surface area (Å²) in [4.78, 5) is 23.4. The predicted octanol–water partition coefficient (Wildman–Crippen LogP) is 2.46. The van der Waals surface area contributed by atoms with Crippen molar-refractivity contribution in [1.82, 2.24) is 10.5 Å². The number of carboxylic acids is 1. The van der Waals surface area contributed by atoms with Crippen LogP contribution in [0.15, 0.2) is 10.6 Å². The molecule has 114 valence electrons. The van der Waals surface area contributed by atoms with Crippen molar-refractivity contribution >= 4 is 11.9 Å². The highest BCUT2D eigenvalue weighted by Gasteiger charge is 2.37. The molecule has 3 rings (SSSR count). The number of carbonyl (C=O) groups is 2. The fraction of sp³-hybridized carbons (Fsp3) is 0.667. The van der Waals surface area contributed by atoms with E-state index in [4.69, 9.17) is 9.63 Å². The summed E-state index contributed by atoms with van der Waals surface area (Å²) in [5, 5.41) is 15.8. The Morgan fingerprint density at radius 1 is 1.33 bits per heavy atom. The second-order valence-corrected chi connectivity index (χ2v) is 6.25. The lowest BCUT2D eigenvalue weighted by molar-refractivity contribution is -0.139. The van der Waals surface area contributed by atoms with Gasteiger partial charge in [0.25, 0.3) is 5.91 Å². The van der Waals surface area contributed by atoms with Gasteiger partial charge in [-0.15, -0.1) is 0 Å². The van der Waals surface area contributed by atoms with Crippen molar-refractivity contribution in [3.05, 3.63) is 17.5 Å². The summed E-state index contributed by atoms with van der Waals surface area (Å²) < 4.78 is 5.19. The first kappa shape index (κ1) is 14.1. The molecule has 0 spiro atoms. The number of carboxylic acid groups (broad SMARTS) is 1. The van der Waals surface area contributed by atoms with Crippen LogP contribution in [-0.2, 0) is 4.79 Å². The van der Waals surface area contributed by atoms with Crippen LogP contribution in [0.25, 0.3) is 0 Å². The number of aliphatic carboxylic acids is 1. The predicted molar refractivity (Wildman–Crippen MR) is 74.0 cm³/mol. The van der Waals surface area contributed by atoms with E-state index >= 15 is 0 Å². The van der Waals surface area contributed by atoms with Crippen LogP contribution in [0, 0.1) is 0 Å². The number of nitrogens with one attached hydrogen (secondary N) is 1. The highest BCUT2D eigenvalue weighted by molar-refractivity contribution is 5.93. The molecule has 6 heteroatoms. The maximum Gasteiger partial charge on any atom is 0.305 e. The van der Waals surface area contributed by atoms with E-state index in [9.17, 15) is 9.59 Å². The molecule has 0 aliphatic heterocycles. The van der Waals surface area contributed by atoms with Crippen molar-refractivity contribution in [1.29, 1.82) is 0 Å². The number of nitrogens with zero attached hydrogens (tertiary/aromatic N) is 1. The van der Waals surface area contributed by atoms with Crippen LogP contribution >= 0.6 is 0 Å². The van der Waals surface area contributed by atoms with Crippen LogP contribution in [0.5, 0.6) is 0 Å². The van der Waals surface area contributed by atoms with Gasteiger partial charge >= 0.3 is 5.97 Å². The standard InChI is InChI=1S/C15H20N2O4/c18-13(19)9-15(6-2-1-3-7-15)16-14(20)11-8-12(21-17-11)10-4-5-10/h8,10H,1-7,9H2,(H,16,20)(H,18,19). The average molecular weight is 292 g/mol. The Morgan fingerprint density at radius 2 is 2.05 bits per heavy atom. The van der Waals surface area contributed by atoms with Gasteiger partial charge in [-0.25, -0.2) is 0 Å². The number of carbonyl (C=O) groups excluding carboxylic acids is 1. The summed E-state index contributed by atoms with van der Waals surface area (Å²) in [7, 11) is 0. The monoisotopic (exact) mass is 292 g/mol. The number of amides is 1.